The highest BCUT2D eigenvalue weighted by Crippen LogP contribution is 2.72. The lowest BCUT2D eigenvalue weighted by molar-refractivity contribution is -0.125. The van der Waals surface area contributed by atoms with Crippen LogP contribution in [-0.2, 0) is 4.79 Å². The largest absolute Gasteiger partial charge is 0.493 e. The Morgan fingerprint density at radius 1 is 1.00 bits per heavy atom. The molecule has 0 spiro atoms. The number of hydrogen-bond acceptors (Lipinski definition) is 3. The Labute approximate surface area is 165 Å². The van der Waals surface area contributed by atoms with Crippen molar-refractivity contribution in [1.82, 2.24) is 0 Å². The molecule has 3 rings (SSSR count). The first-order valence-corrected chi connectivity index (χ1v) is 9.89. The van der Waals surface area contributed by atoms with E-state index in [0.717, 1.165) is 12.0 Å². The first kappa shape index (κ1) is 21.5. The van der Waals surface area contributed by atoms with Gasteiger partial charge < -0.3 is 9.47 Å². The van der Waals surface area contributed by atoms with Crippen LogP contribution in [0.25, 0.3) is 0 Å². The SMILES string of the molecule is C=C.COc1ccc([C@@H]2C(=O)C(C)C3(C)C(C)(C)CCCC23C)cc1OC. The molecule has 0 bridgehead atoms. The summed E-state index contributed by atoms with van der Waals surface area (Å²) in [5.41, 5.74) is 1.18. The van der Waals surface area contributed by atoms with Crippen LogP contribution in [0.4, 0.5) is 0 Å². The molecular formula is C24H36O3. The van der Waals surface area contributed by atoms with E-state index >= 15 is 0 Å². The summed E-state index contributed by atoms with van der Waals surface area (Å²) in [4.78, 5) is 13.5. The van der Waals surface area contributed by atoms with Gasteiger partial charge in [-0.05, 0) is 46.8 Å². The van der Waals surface area contributed by atoms with Crippen molar-refractivity contribution in [2.75, 3.05) is 14.2 Å². The molecule has 0 aliphatic heterocycles. The molecule has 1 aromatic rings. The normalized spacial score (nSPS) is 34.3. The molecular weight excluding hydrogens is 336 g/mol. The molecule has 4 atom stereocenters. The summed E-state index contributed by atoms with van der Waals surface area (Å²) in [6, 6.07) is 5.99. The van der Waals surface area contributed by atoms with E-state index in [1.54, 1.807) is 14.2 Å². The molecule has 0 N–H and O–H groups in total. The highest BCUT2D eigenvalue weighted by molar-refractivity contribution is 5.92. The minimum absolute atomic E-state index is 0.00678. The minimum Gasteiger partial charge on any atom is -0.493 e. The maximum Gasteiger partial charge on any atom is 0.161 e. The van der Waals surface area contributed by atoms with Crippen molar-refractivity contribution in [3.63, 3.8) is 0 Å². The summed E-state index contributed by atoms with van der Waals surface area (Å²) >= 11 is 0. The molecule has 0 aromatic heterocycles. The van der Waals surface area contributed by atoms with Gasteiger partial charge in [-0.15, -0.1) is 13.2 Å². The van der Waals surface area contributed by atoms with Gasteiger partial charge >= 0.3 is 0 Å². The van der Waals surface area contributed by atoms with Crippen LogP contribution in [0, 0.1) is 22.2 Å². The molecule has 3 heteroatoms. The lowest BCUT2D eigenvalue weighted by atomic mass is 9.45. The van der Waals surface area contributed by atoms with E-state index in [9.17, 15) is 4.79 Å². The molecule has 2 aliphatic carbocycles. The van der Waals surface area contributed by atoms with Crippen molar-refractivity contribution in [3.05, 3.63) is 36.9 Å². The van der Waals surface area contributed by atoms with Gasteiger partial charge in [0.25, 0.3) is 0 Å². The molecule has 2 aliphatic rings. The Kier molecular flexibility index (Phi) is 5.85. The third-order valence-electron chi connectivity index (χ3n) is 8.05. The number of hydrogen-bond donors (Lipinski definition) is 0. The zero-order valence-electron chi connectivity index (χ0n) is 18.1. The van der Waals surface area contributed by atoms with E-state index in [1.807, 2.05) is 12.1 Å². The lowest BCUT2D eigenvalue weighted by Crippen LogP contribution is -2.52. The fourth-order valence-corrected chi connectivity index (χ4v) is 6.13. The van der Waals surface area contributed by atoms with E-state index in [0.29, 0.717) is 17.3 Å². The zero-order valence-corrected chi connectivity index (χ0v) is 18.1. The maximum absolute atomic E-state index is 13.5. The van der Waals surface area contributed by atoms with Crippen molar-refractivity contribution in [2.45, 2.75) is 59.8 Å². The number of rotatable bonds is 3. The number of ether oxygens (including phenoxy) is 2. The highest BCUT2D eigenvalue weighted by atomic mass is 16.5. The number of carbonyl (C=O) groups is 1. The summed E-state index contributed by atoms with van der Waals surface area (Å²) in [5, 5.41) is 0. The van der Waals surface area contributed by atoms with Gasteiger partial charge in [-0.25, -0.2) is 0 Å². The summed E-state index contributed by atoms with van der Waals surface area (Å²) in [5.74, 6) is 1.78. The van der Waals surface area contributed by atoms with Crippen molar-refractivity contribution in [3.8, 4) is 11.5 Å². The van der Waals surface area contributed by atoms with Crippen molar-refractivity contribution < 1.29 is 14.3 Å². The Morgan fingerprint density at radius 2 is 1.59 bits per heavy atom. The number of methoxy groups -OCH3 is 2. The average Bonchev–Trinajstić information content (AvgIpc) is 2.81. The summed E-state index contributed by atoms with van der Waals surface area (Å²) in [6.07, 6.45) is 3.47. The van der Waals surface area contributed by atoms with Gasteiger partial charge in [0, 0.05) is 11.8 Å². The third kappa shape index (κ3) is 2.81. The van der Waals surface area contributed by atoms with Gasteiger partial charge in [-0.3, -0.25) is 4.79 Å². The molecule has 3 nitrogen and oxygen atoms in total. The number of ketones is 1. The van der Waals surface area contributed by atoms with Crippen LogP contribution in [0.5, 0.6) is 11.5 Å². The minimum atomic E-state index is -0.0770. The van der Waals surface area contributed by atoms with E-state index in [4.69, 9.17) is 9.47 Å². The second-order valence-corrected chi connectivity index (χ2v) is 9.03. The van der Waals surface area contributed by atoms with Crippen LogP contribution >= 0.6 is 0 Å². The van der Waals surface area contributed by atoms with E-state index in [1.165, 1.54) is 12.8 Å². The number of carbonyl (C=O) groups excluding carboxylic acids is 1. The van der Waals surface area contributed by atoms with Crippen LogP contribution in [0.15, 0.2) is 31.4 Å². The number of benzene rings is 1. The fourth-order valence-electron chi connectivity index (χ4n) is 6.13. The predicted octanol–water partition coefficient (Wildman–Crippen LogP) is 6.03. The second-order valence-electron chi connectivity index (χ2n) is 9.03. The highest BCUT2D eigenvalue weighted by Gasteiger charge is 2.68. The molecule has 3 unspecified atom stereocenters. The summed E-state index contributed by atoms with van der Waals surface area (Å²) in [7, 11) is 3.29. The predicted molar refractivity (Wildman–Crippen MR) is 112 cm³/mol. The molecule has 0 heterocycles. The first-order valence-electron chi connectivity index (χ1n) is 9.89. The Hall–Kier alpha value is -1.77. The van der Waals surface area contributed by atoms with Crippen molar-refractivity contribution >= 4 is 5.78 Å². The molecule has 2 fully saturated rings. The van der Waals surface area contributed by atoms with E-state index in [-0.39, 0.29) is 28.1 Å². The number of Topliss-reactive ketones (excluding diaryl/α,β-unsaturated/α-hetero) is 1. The van der Waals surface area contributed by atoms with Gasteiger partial charge in [0.05, 0.1) is 14.2 Å². The molecule has 0 radical (unpaired) electrons. The zero-order chi connectivity index (χ0) is 20.6. The Balaban J connectivity index is 0.00000126. The first-order chi connectivity index (χ1) is 12.6. The second kappa shape index (κ2) is 7.33. The Morgan fingerprint density at radius 3 is 2.15 bits per heavy atom. The standard InChI is InChI=1S/C22H32O3.C2H4/c1-14-19(23)18(15-9-10-16(24-6)17(13-15)25-7)21(4)12-8-11-20(2,3)22(14,21)5;1-2/h9-10,13-14,18H,8,11-12H2,1-7H3;1-2H2/t14?,18-,21?,22?;/m1./s1. The summed E-state index contributed by atoms with van der Waals surface area (Å²) in [6.45, 7) is 17.6. The molecule has 150 valence electrons. The van der Waals surface area contributed by atoms with E-state index < -0.39 is 0 Å². The molecule has 0 saturated heterocycles. The van der Waals surface area contributed by atoms with Crippen LogP contribution < -0.4 is 9.47 Å². The molecule has 27 heavy (non-hydrogen) atoms. The van der Waals surface area contributed by atoms with Gasteiger partial charge in [0.1, 0.15) is 5.78 Å². The van der Waals surface area contributed by atoms with Gasteiger partial charge in [-0.2, -0.15) is 0 Å². The third-order valence-corrected chi connectivity index (χ3v) is 8.05. The van der Waals surface area contributed by atoms with Crippen LogP contribution in [-0.4, -0.2) is 20.0 Å². The topological polar surface area (TPSA) is 35.5 Å². The van der Waals surface area contributed by atoms with Crippen LogP contribution in [0.3, 0.4) is 0 Å². The van der Waals surface area contributed by atoms with Gasteiger partial charge in [0.2, 0.25) is 0 Å². The molecule has 1 aromatic carbocycles. The van der Waals surface area contributed by atoms with E-state index in [2.05, 4.69) is 53.8 Å². The fraction of sp³-hybridized carbons (Fsp3) is 0.625. The van der Waals surface area contributed by atoms with Gasteiger partial charge in [-0.1, -0.05) is 47.1 Å². The maximum atomic E-state index is 13.5. The van der Waals surface area contributed by atoms with Gasteiger partial charge in [0.15, 0.2) is 11.5 Å². The van der Waals surface area contributed by atoms with Crippen molar-refractivity contribution in [1.29, 1.82) is 0 Å². The van der Waals surface area contributed by atoms with Crippen LogP contribution in [0.1, 0.15) is 65.4 Å². The smallest absolute Gasteiger partial charge is 0.161 e. The monoisotopic (exact) mass is 372 g/mol. The quantitative estimate of drug-likeness (QED) is 0.608. The molecule has 0 amide bonds. The molecule has 2 saturated carbocycles. The Bertz CT molecular complexity index is 708. The lowest BCUT2D eigenvalue weighted by Gasteiger charge is -2.58. The number of fused-ring (bicyclic) bond motifs is 1. The van der Waals surface area contributed by atoms with Crippen LogP contribution in [0.2, 0.25) is 0 Å². The average molecular weight is 373 g/mol. The van der Waals surface area contributed by atoms with Crippen molar-refractivity contribution in [2.24, 2.45) is 22.2 Å². The summed E-state index contributed by atoms with van der Waals surface area (Å²) < 4.78 is 10.9.